The SMILES string of the molecule is CCOc1c(Cl)cc(C(=O)Nc2cc(NC(C)=O)ccc2C)cc1OC. The summed E-state index contributed by atoms with van der Waals surface area (Å²) in [6, 6.07) is 8.37. The number of carbonyl (C=O) groups is 2. The van der Waals surface area contributed by atoms with Crippen LogP contribution in [0, 0.1) is 6.92 Å². The molecular weight excluding hydrogens is 356 g/mol. The molecule has 0 unspecified atom stereocenters. The van der Waals surface area contributed by atoms with Gasteiger partial charge in [0.1, 0.15) is 0 Å². The number of nitrogens with one attached hydrogen (secondary N) is 2. The van der Waals surface area contributed by atoms with Gasteiger partial charge in [-0.1, -0.05) is 17.7 Å². The zero-order valence-corrected chi connectivity index (χ0v) is 15.9. The Morgan fingerprint density at radius 1 is 1.15 bits per heavy atom. The van der Waals surface area contributed by atoms with Crippen LogP contribution >= 0.6 is 11.6 Å². The summed E-state index contributed by atoms with van der Waals surface area (Å²) in [5, 5.41) is 5.80. The van der Waals surface area contributed by atoms with Crippen LogP contribution in [0.1, 0.15) is 29.8 Å². The molecule has 0 aliphatic heterocycles. The van der Waals surface area contributed by atoms with Crippen LogP contribution in [0.25, 0.3) is 0 Å². The Labute approximate surface area is 157 Å². The van der Waals surface area contributed by atoms with Crippen molar-refractivity contribution in [3.63, 3.8) is 0 Å². The maximum absolute atomic E-state index is 12.6. The molecule has 2 aromatic carbocycles. The zero-order valence-electron chi connectivity index (χ0n) is 15.1. The molecule has 0 aliphatic rings. The van der Waals surface area contributed by atoms with E-state index in [1.54, 1.807) is 18.2 Å². The second-order valence-corrected chi connectivity index (χ2v) is 5.99. The first-order valence-electron chi connectivity index (χ1n) is 8.05. The van der Waals surface area contributed by atoms with Crippen LogP contribution in [-0.2, 0) is 4.79 Å². The molecule has 0 aliphatic carbocycles. The fraction of sp³-hybridized carbons (Fsp3) is 0.263. The van der Waals surface area contributed by atoms with Gasteiger partial charge < -0.3 is 20.1 Å². The molecule has 138 valence electrons. The highest BCUT2D eigenvalue weighted by Gasteiger charge is 2.16. The second-order valence-electron chi connectivity index (χ2n) is 5.59. The maximum Gasteiger partial charge on any atom is 0.255 e. The fourth-order valence-corrected chi connectivity index (χ4v) is 2.63. The number of hydrogen-bond donors (Lipinski definition) is 2. The predicted molar refractivity (Wildman–Crippen MR) is 103 cm³/mol. The summed E-state index contributed by atoms with van der Waals surface area (Å²) in [7, 11) is 1.48. The molecule has 0 atom stereocenters. The van der Waals surface area contributed by atoms with Gasteiger partial charge in [0.25, 0.3) is 5.91 Å². The minimum absolute atomic E-state index is 0.186. The number of anilines is 2. The van der Waals surface area contributed by atoms with E-state index in [9.17, 15) is 9.59 Å². The number of benzene rings is 2. The number of hydrogen-bond acceptors (Lipinski definition) is 4. The van der Waals surface area contributed by atoms with Crippen molar-refractivity contribution in [3.05, 3.63) is 46.5 Å². The molecule has 0 aromatic heterocycles. The highest BCUT2D eigenvalue weighted by Crippen LogP contribution is 2.36. The number of ether oxygens (including phenoxy) is 2. The summed E-state index contributed by atoms with van der Waals surface area (Å²) in [6.45, 7) is 5.54. The van der Waals surface area contributed by atoms with E-state index in [4.69, 9.17) is 21.1 Å². The standard InChI is InChI=1S/C19H21ClN2O4/c1-5-26-18-15(20)8-13(9-17(18)25-4)19(24)22-16-10-14(21-12(3)23)7-6-11(16)2/h6-10H,5H2,1-4H3,(H,21,23)(H,22,24). The van der Waals surface area contributed by atoms with E-state index in [1.165, 1.54) is 20.1 Å². The lowest BCUT2D eigenvalue weighted by atomic mass is 10.1. The maximum atomic E-state index is 12.6. The van der Waals surface area contributed by atoms with Crippen LogP contribution in [0.2, 0.25) is 5.02 Å². The summed E-state index contributed by atoms with van der Waals surface area (Å²) < 4.78 is 10.7. The molecule has 0 fully saturated rings. The van der Waals surface area contributed by atoms with Gasteiger partial charge >= 0.3 is 0 Å². The third-order valence-electron chi connectivity index (χ3n) is 3.59. The van der Waals surface area contributed by atoms with Gasteiger partial charge in [0.2, 0.25) is 5.91 Å². The molecule has 0 heterocycles. The van der Waals surface area contributed by atoms with Crippen molar-refractivity contribution in [3.8, 4) is 11.5 Å². The van der Waals surface area contributed by atoms with Gasteiger partial charge in [-0.2, -0.15) is 0 Å². The molecule has 0 radical (unpaired) electrons. The van der Waals surface area contributed by atoms with Gasteiger partial charge in [-0.3, -0.25) is 9.59 Å². The van der Waals surface area contributed by atoms with Gasteiger partial charge in [0.15, 0.2) is 11.5 Å². The quantitative estimate of drug-likeness (QED) is 0.789. The van der Waals surface area contributed by atoms with Gasteiger partial charge in [-0.05, 0) is 43.7 Å². The number of rotatable bonds is 6. The first-order chi connectivity index (χ1) is 12.3. The van der Waals surface area contributed by atoms with Crippen molar-refractivity contribution in [1.82, 2.24) is 0 Å². The van der Waals surface area contributed by atoms with Crippen molar-refractivity contribution in [2.24, 2.45) is 0 Å². The monoisotopic (exact) mass is 376 g/mol. The first-order valence-corrected chi connectivity index (χ1v) is 8.43. The number of amides is 2. The third kappa shape index (κ3) is 4.67. The largest absolute Gasteiger partial charge is 0.493 e. The van der Waals surface area contributed by atoms with Crippen molar-refractivity contribution >= 4 is 34.8 Å². The van der Waals surface area contributed by atoms with Crippen molar-refractivity contribution in [2.45, 2.75) is 20.8 Å². The van der Waals surface area contributed by atoms with Crippen LogP contribution in [0.15, 0.2) is 30.3 Å². The molecule has 0 spiro atoms. The molecule has 6 nitrogen and oxygen atoms in total. The van der Waals surface area contributed by atoms with E-state index < -0.39 is 0 Å². The van der Waals surface area contributed by atoms with Gasteiger partial charge in [-0.15, -0.1) is 0 Å². The second kappa shape index (κ2) is 8.58. The topological polar surface area (TPSA) is 76.7 Å². The Kier molecular flexibility index (Phi) is 6.46. The summed E-state index contributed by atoms with van der Waals surface area (Å²) in [6.07, 6.45) is 0. The Morgan fingerprint density at radius 2 is 1.88 bits per heavy atom. The molecular formula is C19H21ClN2O4. The number of carbonyl (C=O) groups excluding carboxylic acids is 2. The van der Waals surface area contributed by atoms with Crippen LogP contribution in [-0.4, -0.2) is 25.5 Å². The van der Waals surface area contributed by atoms with E-state index in [2.05, 4.69) is 10.6 Å². The Hall–Kier alpha value is -2.73. The summed E-state index contributed by atoms with van der Waals surface area (Å²) in [4.78, 5) is 23.8. The molecule has 0 saturated heterocycles. The summed E-state index contributed by atoms with van der Waals surface area (Å²) >= 11 is 6.22. The van der Waals surface area contributed by atoms with Crippen molar-refractivity contribution in [2.75, 3.05) is 24.4 Å². The zero-order chi connectivity index (χ0) is 19.3. The molecule has 2 amide bonds. The van der Waals surface area contributed by atoms with E-state index >= 15 is 0 Å². The lowest BCUT2D eigenvalue weighted by molar-refractivity contribution is -0.114. The van der Waals surface area contributed by atoms with Gasteiger partial charge in [0.05, 0.1) is 18.7 Å². The predicted octanol–water partition coefficient (Wildman–Crippen LogP) is 4.27. The molecule has 26 heavy (non-hydrogen) atoms. The van der Waals surface area contributed by atoms with Crippen LogP contribution < -0.4 is 20.1 Å². The fourth-order valence-electron chi connectivity index (χ4n) is 2.37. The molecule has 0 bridgehead atoms. The number of halogens is 1. The third-order valence-corrected chi connectivity index (χ3v) is 3.87. The molecule has 0 saturated carbocycles. The summed E-state index contributed by atoms with van der Waals surface area (Å²) in [5.74, 6) is 0.246. The normalized spacial score (nSPS) is 10.2. The van der Waals surface area contributed by atoms with Crippen molar-refractivity contribution in [1.29, 1.82) is 0 Å². The first kappa shape index (κ1) is 19.6. The Balaban J connectivity index is 2.30. The van der Waals surface area contributed by atoms with Gasteiger partial charge in [0, 0.05) is 23.9 Å². The minimum Gasteiger partial charge on any atom is -0.493 e. The highest BCUT2D eigenvalue weighted by molar-refractivity contribution is 6.32. The van der Waals surface area contributed by atoms with Crippen LogP contribution in [0.4, 0.5) is 11.4 Å². The molecule has 7 heteroatoms. The van der Waals surface area contributed by atoms with E-state index in [0.717, 1.165) is 5.56 Å². The van der Waals surface area contributed by atoms with E-state index in [0.29, 0.717) is 40.1 Å². The van der Waals surface area contributed by atoms with Crippen molar-refractivity contribution < 1.29 is 19.1 Å². The van der Waals surface area contributed by atoms with E-state index in [-0.39, 0.29) is 11.8 Å². The average molecular weight is 377 g/mol. The van der Waals surface area contributed by atoms with Gasteiger partial charge in [-0.25, -0.2) is 0 Å². The Morgan fingerprint density at radius 3 is 2.50 bits per heavy atom. The average Bonchev–Trinajstić information content (AvgIpc) is 2.59. The molecule has 2 aromatic rings. The van der Waals surface area contributed by atoms with E-state index in [1.807, 2.05) is 19.9 Å². The number of methoxy groups -OCH3 is 1. The molecule has 2 N–H and O–H groups in total. The Bertz CT molecular complexity index is 837. The van der Waals surface area contributed by atoms with Crippen LogP contribution in [0.3, 0.4) is 0 Å². The molecule has 2 rings (SSSR count). The van der Waals surface area contributed by atoms with Crippen LogP contribution in [0.5, 0.6) is 11.5 Å². The summed E-state index contributed by atoms with van der Waals surface area (Å²) in [5.41, 5.74) is 2.38. The number of aryl methyl sites for hydroxylation is 1. The lowest BCUT2D eigenvalue weighted by Gasteiger charge is -2.14. The lowest BCUT2D eigenvalue weighted by Crippen LogP contribution is -2.14. The smallest absolute Gasteiger partial charge is 0.255 e. The minimum atomic E-state index is -0.351. The highest BCUT2D eigenvalue weighted by atomic mass is 35.5.